The molecular formula is C8H10ClN3O4S. The first-order valence-corrected chi connectivity index (χ1v) is 6.30. The van der Waals surface area contributed by atoms with Crippen LogP contribution in [0.25, 0.3) is 0 Å². The Morgan fingerprint density at radius 1 is 1.59 bits per heavy atom. The number of nitrogens with two attached hydrogens (primary N) is 1. The predicted octanol–water partition coefficient (Wildman–Crippen LogP) is -0.820. The summed E-state index contributed by atoms with van der Waals surface area (Å²) in [5, 5.41) is -0.264. The van der Waals surface area contributed by atoms with Gasteiger partial charge >= 0.3 is 0 Å². The topological polar surface area (TPSA) is 122 Å². The summed E-state index contributed by atoms with van der Waals surface area (Å²) in [5.41, 5.74) is 4.32. The fraction of sp³-hybridized carbons (Fsp3) is 0.250. The number of hydrogen-bond acceptors (Lipinski definition) is 4. The molecule has 7 nitrogen and oxygen atoms in total. The van der Waals surface area contributed by atoms with E-state index in [1.54, 1.807) is 0 Å². The van der Waals surface area contributed by atoms with Gasteiger partial charge in [0.2, 0.25) is 15.9 Å². The average molecular weight is 280 g/mol. The number of nitrogens with one attached hydrogen (secondary N) is 2. The molecule has 17 heavy (non-hydrogen) atoms. The molecule has 0 radical (unpaired) electrons. The molecule has 0 aliphatic rings. The van der Waals surface area contributed by atoms with Gasteiger partial charge in [0.05, 0.1) is 10.9 Å². The molecule has 0 aliphatic heterocycles. The monoisotopic (exact) mass is 279 g/mol. The number of pyridine rings is 1. The van der Waals surface area contributed by atoms with Gasteiger partial charge < -0.3 is 10.7 Å². The van der Waals surface area contributed by atoms with Crippen molar-refractivity contribution in [2.45, 2.75) is 17.9 Å². The van der Waals surface area contributed by atoms with Crippen molar-refractivity contribution in [3.63, 3.8) is 0 Å². The maximum absolute atomic E-state index is 11.7. The highest BCUT2D eigenvalue weighted by atomic mass is 35.5. The van der Waals surface area contributed by atoms with E-state index in [4.69, 9.17) is 17.3 Å². The molecule has 0 saturated carbocycles. The molecule has 1 atom stereocenters. The number of sulfonamides is 1. The SMILES string of the molecule is CC(NS(=O)(=O)c1c[nH]c(=O)c(Cl)c1)C(N)=O. The van der Waals surface area contributed by atoms with Crippen LogP contribution in [0.2, 0.25) is 5.02 Å². The van der Waals surface area contributed by atoms with Crippen molar-refractivity contribution >= 4 is 27.5 Å². The zero-order valence-corrected chi connectivity index (χ0v) is 10.3. The van der Waals surface area contributed by atoms with Crippen LogP contribution in [-0.4, -0.2) is 25.4 Å². The van der Waals surface area contributed by atoms with Crippen LogP contribution >= 0.6 is 11.6 Å². The van der Waals surface area contributed by atoms with E-state index < -0.39 is 27.5 Å². The van der Waals surface area contributed by atoms with Gasteiger partial charge in [-0.2, -0.15) is 4.72 Å². The van der Waals surface area contributed by atoms with E-state index in [0.717, 1.165) is 12.3 Å². The Morgan fingerprint density at radius 3 is 2.65 bits per heavy atom. The lowest BCUT2D eigenvalue weighted by Crippen LogP contribution is -2.42. The number of carbonyl (C=O) groups is 1. The lowest BCUT2D eigenvalue weighted by Gasteiger charge is -2.10. The third-order valence-electron chi connectivity index (χ3n) is 1.90. The van der Waals surface area contributed by atoms with E-state index in [2.05, 4.69) is 4.98 Å². The Hall–Kier alpha value is -1.38. The summed E-state index contributed by atoms with van der Waals surface area (Å²) in [6.45, 7) is 1.30. The van der Waals surface area contributed by atoms with Crippen molar-refractivity contribution in [3.05, 3.63) is 27.6 Å². The number of aromatic nitrogens is 1. The third-order valence-corrected chi connectivity index (χ3v) is 3.70. The lowest BCUT2D eigenvalue weighted by atomic mass is 10.4. The van der Waals surface area contributed by atoms with Crippen LogP contribution in [-0.2, 0) is 14.8 Å². The molecule has 0 saturated heterocycles. The zero-order valence-electron chi connectivity index (χ0n) is 8.73. The van der Waals surface area contributed by atoms with Gasteiger partial charge in [-0.25, -0.2) is 8.42 Å². The van der Waals surface area contributed by atoms with Crippen LogP contribution in [0.3, 0.4) is 0 Å². The molecule has 9 heteroatoms. The maximum atomic E-state index is 11.7. The van der Waals surface area contributed by atoms with E-state index in [1.165, 1.54) is 6.92 Å². The molecule has 94 valence electrons. The fourth-order valence-electron chi connectivity index (χ4n) is 0.952. The van der Waals surface area contributed by atoms with Gasteiger partial charge in [-0.15, -0.1) is 0 Å². The van der Waals surface area contributed by atoms with E-state index in [9.17, 15) is 18.0 Å². The van der Waals surface area contributed by atoms with Gasteiger partial charge in [0.25, 0.3) is 5.56 Å². The molecule has 1 aromatic rings. The molecule has 1 heterocycles. The molecular weight excluding hydrogens is 270 g/mol. The third kappa shape index (κ3) is 3.29. The summed E-state index contributed by atoms with van der Waals surface area (Å²) in [6.07, 6.45) is 0.976. The second kappa shape index (κ2) is 4.86. The van der Waals surface area contributed by atoms with Crippen LogP contribution in [0.15, 0.2) is 22.0 Å². The van der Waals surface area contributed by atoms with Gasteiger partial charge in [-0.1, -0.05) is 11.6 Å². The summed E-state index contributed by atoms with van der Waals surface area (Å²) >= 11 is 5.49. The van der Waals surface area contributed by atoms with Crippen LogP contribution in [0.4, 0.5) is 0 Å². The van der Waals surface area contributed by atoms with Crippen molar-refractivity contribution in [2.75, 3.05) is 0 Å². The predicted molar refractivity (Wildman–Crippen MR) is 61.1 cm³/mol. The van der Waals surface area contributed by atoms with Crippen molar-refractivity contribution in [1.82, 2.24) is 9.71 Å². The Kier molecular flexibility index (Phi) is 3.91. The van der Waals surface area contributed by atoms with Gasteiger partial charge in [0.1, 0.15) is 5.02 Å². The van der Waals surface area contributed by atoms with Gasteiger partial charge in [-0.05, 0) is 13.0 Å². The Labute approximate surface area is 102 Å². The van der Waals surface area contributed by atoms with Crippen molar-refractivity contribution < 1.29 is 13.2 Å². The molecule has 1 unspecified atom stereocenters. The molecule has 0 spiro atoms. The van der Waals surface area contributed by atoms with Crippen LogP contribution in [0.5, 0.6) is 0 Å². The first-order chi connectivity index (χ1) is 7.74. The summed E-state index contributed by atoms with van der Waals surface area (Å²) < 4.78 is 25.5. The minimum absolute atomic E-state index is 0.254. The number of aromatic amines is 1. The first kappa shape index (κ1) is 13.7. The molecule has 4 N–H and O–H groups in total. The van der Waals surface area contributed by atoms with Crippen LogP contribution in [0.1, 0.15) is 6.92 Å². The Balaban J connectivity index is 3.10. The minimum Gasteiger partial charge on any atom is -0.368 e. The van der Waals surface area contributed by atoms with E-state index >= 15 is 0 Å². The highest BCUT2D eigenvalue weighted by Gasteiger charge is 2.21. The Morgan fingerprint density at radius 2 is 2.18 bits per heavy atom. The summed E-state index contributed by atoms with van der Waals surface area (Å²) in [6, 6.07) is -0.0816. The number of hydrogen-bond donors (Lipinski definition) is 3. The molecule has 1 amide bonds. The average Bonchev–Trinajstić information content (AvgIpc) is 2.21. The van der Waals surface area contributed by atoms with E-state index in [0.29, 0.717) is 0 Å². The second-order valence-corrected chi connectivity index (χ2v) is 5.38. The maximum Gasteiger partial charge on any atom is 0.266 e. The molecule has 0 aliphatic carbocycles. The zero-order chi connectivity index (χ0) is 13.2. The molecule has 0 aromatic carbocycles. The number of H-pyrrole nitrogens is 1. The van der Waals surface area contributed by atoms with Crippen molar-refractivity contribution in [2.24, 2.45) is 5.73 Å². The Bertz CT molecular complexity index is 595. The standard InChI is InChI=1S/C8H10ClN3O4S/c1-4(7(10)13)12-17(15,16)5-2-6(9)8(14)11-3-5/h2-4,12H,1H3,(H2,10,13)(H,11,14). The number of primary amides is 1. The molecule has 1 aromatic heterocycles. The van der Waals surface area contributed by atoms with Gasteiger partial charge in [-0.3, -0.25) is 9.59 Å². The summed E-state index contributed by atoms with van der Waals surface area (Å²) in [5.74, 6) is -0.816. The second-order valence-electron chi connectivity index (χ2n) is 3.26. The van der Waals surface area contributed by atoms with Crippen LogP contribution in [0, 0.1) is 0 Å². The molecule has 0 fully saturated rings. The van der Waals surface area contributed by atoms with Crippen molar-refractivity contribution in [3.8, 4) is 0 Å². The highest BCUT2D eigenvalue weighted by Crippen LogP contribution is 2.10. The minimum atomic E-state index is -3.95. The van der Waals surface area contributed by atoms with Gasteiger partial charge in [0.15, 0.2) is 0 Å². The number of halogens is 1. The fourth-order valence-corrected chi connectivity index (χ4v) is 2.39. The molecule has 1 rings (SSSR count). The number of amides is 1. The van der Waals surface area contributed by atoms with Crippen LogP contribution < -0.4 is 16.0 Å². The summed E-state index contributed by atoms with van der Waals surface area (Å²) in [7, 11) is -3.95. The van der Waals surface area contributed by atoms with Gasteiger partial charge in [0, 0.05) is 6.20 Å². The largest absolute Gasteiger partial charge is 0.368 e. The smallest absolute Gasteiger partial charge is 0.266 e. The highest BCUT2D eigenvalue weighted by molar-refractivity contribution is 7.89. The summed E-state index contributed by atoms with van der Waals surface area (Å²) in [4.78, 5) is 23.6. The van der Waals surface area contributed by atoms with Crippen molar-refractivity contribution in [1.29, 1.82) is 0 Å². The molecule has 0 bridgehead atoms. The quantitative estimate of drug-likeness (QED) is 0.666. The number of carbonyl (C=O) groups excluding carboxylic acids is 1. The van der Waals surface area contributed by atoms with E-state index in [1.807, 2.05) is 4.72 Å². The number of rotatable bonds is 4. The normalized spacial score (nSPS) is 13.3. The lowest BCUT2D eigenvalue weighted by molar-refractivity contribution is -0.119. The first-order valence-electron chi connectivity index (χ1n) is 4.44. The van der Waals surface area contributed by atoms with E-state index in [-0.39, 0.29) is 9.92 Å².